The highest BCUT2D eigenvalue weighted by atomic mass is 16.6. The van der Waals surface area contributed by atoms with E-state index in [1.54, 1.807) is 18.2 Å². The third-order valence-corrected chi connectivity index (χ3v) is 3.34. The summed E-state index contributed by atoms with van der Waals surface area (Å²) < 4.78 is 21.1. The molecule has 1 aromatic carbocycles. The summed E-state index contributed by atoms with van der Waals surface area (Å²) in [5, 5.41) is 10.00. The Balaban J connectivity index is 2.23. The lowest BCUT2D eigenvalue weighted by atomic mass is 10.1. The summed E-state index contributed by atoms with van der Waals surface area (Å²) in [4.78, 5) is 11.5. The molecule has 21 heavy (non-hydrogen) atoms. The molecule has 1 saturated heterocycles. The third-order valence-electron chi connectivity index (χ3n) is 3.34. The molecule has 0 spiro atoms. The summed E-state index contributed by atoms with van der Waals surface area (Å²) in [6, 6.07) is 5.04. The second-order valence-electron chi connectivity index (χ2n) is 4.76. The summed E-state index contributed by atoms with van der Waals surface area (Å²) in [6.07, 6.45) is 0.374. The zero-order valence-corrected chi connectivity index (χ0v) is 12.2. The molecule has 1 aliphatic heterocycles. The SMILES string of the molecule is COC(=O)C(O)c1cccc(OC2CCCOC2)c1OC. The molecule has 1 heterocycles. The van der Waals surface area contributed by atoms with Crippen LogP contribution in [-0.4, -0.2) is 44.6 Å². The topological polar surface area (TPSA) is 74.2 Å². The molecule has 2 atom stereocenters. The van der Waals surface area contributed by atoms with Crippen LogP contribution >= 0.6 is 0 Å². The van der Waals surface area contributed by atoms with E-state index in [-0.39, 0.29) is 6.10 Å². The zero-order valence-electron chi connectivity index (χ0n) is 12.2. The number of esters is 1. The van der Waals surface area contributed by atoms with Crippen molar-refractivity contribution >= 4 is 5.97 Å². The molecule has 0 aromatic heterocycles. The molecular weight excluding hydrogens is 276 g/mol. The van der Waals surface area contributed by atoms with E-state index in [9.17, 15) is 9.90 Å². The highest BCUT2D eigenvalue weighted by Crippen LogP contribution is 2.36. The van der Waals surface area contributed by atoms with Crippen molar-refractivity contribution in [2.45, 2.75) is 25.0 Å². The first-order chi connectivity index (χ1) is 10.2. The molecule has 116 valence electrons. The molecule has 1 N–H and O–H groups in total. The molecule has 1 aromatic rings. The Hall–Kier alpha value is -1.79. The number of hydrogen-bond donors (Lipinski definition) is 1. The first-order valence-corrected chi connectivity index (χ1v) is 6.84. The van der Waals surface area contributed by atoms with Crippen molar-refractivity contribution in [2.24, 2.45) is 0 Å². The van der Waals surface area contributed by atoms with Crippen LogP contribution < -0.4 is 9.47 Å². The van der Waals surface area contributed by atoms with Crippen molar-refractivity contribution in [1.29, 1.82) is 0 Å². The van der Waals surface area contributed by atoms with Crippen LogP contribution in [0.3, 0.4) is 0 Å². The predicted octanol–water partition coefficient (Wildman–Crippen LogP) is 1.46. The molecule has 0 bridgehead atoms. The third kappa shape index (κ3) is 3.65. The molecule has 2 rings (SSSR count). The lowest BCUT2D eigenvalue weighted by Crippen LogP contribution is -2.28. The number of aliphatic hydroxyl groups is 1. The van der Waals surface area contributed by atoms with Gasteiger partial charge in [-0.2, -0.15) is 0 Å². The van der Waals surface area contributed by atoms with Gasteiger partial charge in [-0.05, 0) is 18.9 Å². The van der Waals surface area contributed by atoms with Gasteiger partial charge in [0.05, 0.1) is 20.8 Å². The summed E-state index contributed by atoms with van der Waals surface area (Å²) >= 11 is 0. The Morgan fingerprint density at radius 3 is 2.86 bits per heavy atom. The maximum Gasteiger partial charge on any atom is 0.339 e. The van der Waals surface area contributed by atoms with Crippen molar-refractivity contribution in [2.75, 3.05) is 27.4 Å². The molecule has 6 heteroatoms. The predicted molar refractivity (Wildman–Crippen MR) is 74.4 cm³/mol. The first kappa shape index (κ1) is 15.6. The second-order valence-corrected chi connectivity index (χ2v) is 4.76. The van der Waals surface area contributed by atoms with Gasteiger partial charge in [-0.15, -0.1) is 0 Å². The van der Waals surface area contributed by atoms with E-state index in [1.807, 2.05) is 0 Å². The zero-order chi connectivity index (χ0) is 15.2. The molecule has 2 unspecified atom stereocenters. The minimum absolute atomic E-state index is 0.0573. The average molecular weight is 296 g/mol. The fourth-order valence-corrected chi connectivity index (χ4v) is 2.28. The normalized spacial score (nSPS) is 19.7. The number of aliphatic hydroxyl groups excluding tert-OH is 1. The van der Waals surface area contributed by atoms with E-state index in [0.29, 0.717) is 23.7 Å². The van der Waals surface area contributed by atoms with Crippen LogP contribution in [0.2, 0.25) is 0 Å². The molecular formula is C15H20O6. The van der Waals surface area contributed by atoms with Gasteiger partial charge in [0.1, 0.15) is 6.10 Å². The Labute approximate surface area is 123 Å². The van der Waals surface area contributed by atoms with E-state index in [4.69, 9.17) is 14.2 Å². The quantitative estimate of drug-likeness (QED) is 0.829. The highest BCUT2D eigenvalue weighted by molar-refractivity contribution is 5.77. The lowest BCUT2D eigenvalue weighted by molar-refractivity contribution is -0.150. The largest absolute Gasteiger partial charge is 0.492 e. The van der Waals surface area contributed by atoms with Crippen LogP contribution in [-0.2, 0) is 14.3 Å². The van der Waals surface area contributed by atoms with Crippen LogP contribution in [0.4, 0.5) is 0 Å². The van der Waals surface area contributed by atoms with Crippen LogP contribution in [0.25, 0.3) is 0 Å². The molecule has 0 amide bonds. The van der Waals surface area contributed by atoms with E-state index in [0.717, 1.165) is 19.4 Å². The van der Waals surface area contributed by atoms with E-state index in [1.165, 1.54) is 14.2 Å². The van der Waals surface area contributed by atoms with Crippen molar-refractivity contribution in [1.82, 2.24) is 0 Å². The smallest absolute Gasteiger partial charge is 0.339 e. The van der Waals surface area contributed by atoms with Crippen LogP contribution in [0.1, 0.15) is 24.5 Å². The molecule has 0 aliphatic carbocycles. The minimum Gasteiger partial charge on any atom is -0.492 e. The van der Waals surface area contributed by atoms with Crippen molar-refractivity contribution in [3.63, 3.8) is 0 Å². The van der Waals surface area contributed by atoms with E-state index in [2.05, 4.69) is 4.74 Å². The molecule has 6 nitrogen and oxygen atoms in total. The lowest BCUT2D eigenvalue weighted by Gasteiger charge is -2.25. The fourth-order valence-electron chi connectivity index (χ4n) is 2.28. The van der Waals surface area contributed by atoms with Gasteiger partial charge in [-0.25, -0.2) is 4.79 Å². The molecule has 0 radical (unpaired) electrons. The monoisotopic (exact) mass is 296 g/mol. The van der Waals surface area contributed by atoms with Crippen LogP contribution in [0.5, 0.6) is 11.5 Å². The number of methoxy groups -OCH3 is 2. The van der Waals surface area contributed by atoms with Crippen molar-refractivity contribution in [3.8, 4) is 11.5 Å². The highest BCUT2D eigenvalue weighted by Gasteiger charge is 2.25. The number of rotatable bonds is 5. The van der Waals surface area contributed by atoms with E-state index < -0.39 is 12.1 Å². The Morgan fingerprint density at radius 2 is 2.24 bits per heavy atom. The Kier molecular flexibility index (Phi) is 5.41. The van der Waals surface area contributed by atoms with Gasteiger partial charge in [0.25, 0.3) is 0 Å². The first-order valence-electron chi connectivity index (χ1n) is 6.84. The second kappa shape index (κ2) is 7.28. The number of carbonyl (C=O) groups excluding carboxylic acids is 1. The average Bonchev–Trinajstić information content (AvgIpc) is 2.54. The van der Waals surface area contributed by atoms with E-state index >= 15 is 0 Å². The number of benzene rings is 1. The maximum atomic E-state index is 11.5. The maximum absolute atomic E-state index is 11.5. The van der Waals surface area contributed by atoms with Gasteiger partial charge in [0, 0.05) is 12.2 Å². The summed E-state index contributed by atoms with van der Waals surface area (Å²) in [5.74, 6) is 0.0703. The molecule has 0 saturated carbocycles. The fraction of sp³-hybridized carbons (Fsp3) is 0.533. The molecule has 1 fully saturated rings. The summed E-state index contributed by atoms with van der Waals surface area (Å²) in [6.45, 7) is 1.27. The van der Waals surface area contributed by atoms with Gasteiger partial charge < -0.3 is 24.1 Å². The van der Waals surface area contributed by atoms with Crippen LogP contribution in [0, 0.1) is 0 Å². The van der Waals surface area contributed by atoms with Gasteiger partial charge in [-0.1, -0.05) is 12.1 Å². The summed E-state index contributed by atoms with van der Waals surface area (Å²) in [5.41, 5.74) is 0.318. The summed E-state index contributed by atoms with van der Waals surface area (Å²) in [7, 11) is 2.69. The van der Waals surface area contributed by atoms with Gasteiger partial charge in [0.2, 0.25) is 0 Å². The molecule has 1 aliphatic rings. The van der Waals surface area contributed by atoms with Gasteiger partial charge in [0.15, 0.2) is 17.6 Å². The number of carbonyl (C=O) groups is 1. The van der Waals surface area contributed by atoms with Crippen molar-refractivity contribution in [3.05, 3.63) is 23.8 Å². The van der Waals surface area contributed by atoms with Gasteiger partial charge in [-0.3, -0.25) is 0 Å². The van der Waals surface area contributed by atoms with Crippen molar-refractivity contribution < 1.29 is 28.8 Å². The minimum atomic E-state index is -1.41. The Morgan fingerprint density at radius 1 is 1.43 bits per heavy atom. The number of ether oxygens (including phenoxy) is 4. The van der Waals surface area contributed by atoms with Crippen LogP contribution in [0.15, 0.2) is 18.2 Å². The number of hydrogen-bond acceptors (Lipinski definition) is 6. The van der Waals surface area contributed by atoms with Gasteiger partial charge >= 0.3 is 5.97 Å². The standard InChI is InChI=1S/C15H20O6/c1-18-14-11(13(16)15(17)19-2)6-3-7-12(14)21-10-5-4-8-20-9-10/h3,6-7,10,13,16H,4-5,8-9H2,1-2H3. The number of para-hydroxylation sites is 1. The Bertz CT molecular complexity index is 481.